The molecule has 0 saturated carbocycles. The number of esters is 1. The van der Waals surface area contributed by atoms with Gasteiger partial charge in [-0.05, 0) is 50.7 Å². The van der Waals surface area contributed by atoms with Crippen molar-refractivity contribution in [2.75, 3.05) is 0 Å². The first-order valence-electron chi connectivity index (χ1n) is 18.5. The number of carboxylic acid groups (broad SMARTS) is 1. The second-order valence-corrected chi connectivity index (χ2v) is 12.4. The molecule has 0 amide bonds. The first kappa shape index (κ1) is 41.2. The highest BCUT2D eigenvalue weighted by Crippen LogP contribution is 2.15. The van der Waals surface area contributed by atoms with Crippen molar-refractivity contribution < 1.29 is 19.4 Å². The van der Waals surface area contributed by atoms with E-state index in [-0.39, 0.29) is 18.5 Å². The molecule has 4 heteroatoms. The van der Waals surface area contributed by atoms with Gasteiger partial charge in [-0.3, -0.25) is 9.59 Å². The quantitative estimate of drug-likeness (QED) is 0.0461. The van der Waals surface area contributed by atoms with Gasteiger partial charge in [0.05, 0.1) is 0 Å². The molecule has 0 heterocycles. The van der Waals surface area contributed by atoms with Crippen LogP contribution in [0.1, 0.15) is 194 Å². The van der Waals surface area contributed by atoms with Crippen LogP contribution in [-0.2, 0) is 14.3 Å². The summed E-state index contributed by atoms with van der Waals surface area (Å²) in [5, 5.41) is 8.74. The molecule has 0 bridgehead atoms. The number of rotatable bonds is 33. The van der Waals surface area contributed by atoms with Gasteiger partial charge >= 0.3 is 11.9 Å². The summed E-state index contributed by atoms with van der Waals surface area (Å²) in [5.41, 5.74) is 0. The summed E-state index contributed by atoms with van der Waals surface area (Å²) >= 11 is 0. The summed E-state index contributed by atoms with van der Waals surface area (Å²) in [6.07, 6.45) is 45.1. The van der Waals surface area contributed by atoms with Crippen LogP contribution in [0.25, 0.3) is 0 Å². The minimum atomic E-state index is -0.731. The first-order chi connectivity index (χ1) is 21.1. The zero-order valence-corrected chi connectivity index (χ0v) is 28.5. The molecular formula is C39H70O4. The van der Waals surface area contributed by atoms with Crippen LogP contribution in [0.5, 0.6) is 0 Å². The molecule has 0 aromatic heterocycles. The van der Waals surface area contributed by atoms with Crippen molar-refractivity contribution >= 4 is 11.9 Å². The lowest BCUT2D eigenvalue weighted by Crippen LogP contribution is -2.13. The number of hydrogen-bond acceptors (Lipinski definition) is 3. The van der Waals surface area contributed by atoms with Crippen LogP contribution in [0.4, 0.5) is 0 Å². The van der Waals surface area contributed by atoms with Crippen molar-refractivity contribution in [2.45, 2.75) is 200 Å². The molecule has 1 atom stereocenters. The molecule has 0 radical (unpaired) electrons. The van der Waals surface area contributed by atoms with Gasteiger partial charge in [0.1, 0.15) is 6.10 Å². The predicted molar refractivity (Wildman–Crippen MR) is 186 cm³/mol. The summed E-state index contributed by atoms with van der Waals surface area (Å²) in [6.45, 7) is 4.40. The number of aliphatic carboxylic acids is 1. The van der Waals surface area contributed by atoms with E-state index >= 15 is 0 Å². The number of allylic oxidation sites excluding steroid dienone is 4. The van der Waals surface area contributed by atoms with E-state index in [1.165, 1.54) is 116 Å². The molecule has 0 saturated heterocycles. The van der Waals surface area contributed by atoms with Crippen LogP contribution < -0.4 is 0 Å². The highest BCUT2D eigenvalue weighted by atomic mass is 16.5. The number of hydrogen-bond donors (Lipinski definition) is 1. The Morgan fingerprint density at radius 2 is 0.977 bits per heavy atom. The van der Waals surface area contributed by atoms with Gasteiger partial charge < -0.3 is 9.84 Å². The maximum absolute atomic E-state index is 12.5. The van der Waals surface area contributed by atoms with E-state index in [0.29, 0.717) is 12.8 Å². The van der Waals surface area contributed by atoms with Crippen molar-refractivity contribution in [1.82, 2.24) is 0 Å². The number of unbranched alkanes of at least 4 members (excludes halogenated alkanes) is 22. The smallest absolute Gasteiger partial charge is 0.306 e. The Bertz CT molecular complexity index is 693. The van der Waals surface area contributed by atoms with Crippen molar-refractivity contribution in [2.24, 2.45) is 0 Å². The Hall–Kier alpha value is -1.84. The highest BCUT2D eigenvalue weighted by molar-refractivity contribution is 5.69. The van der Waals surface area contributed by atoms with Crippen LogP contribution >= 0.6 is 0 Å². The largest absolute Gasteiger partial charge is 0.481 e. The maximum atomic E-state index is 12.5. The second-order valence-electron chi connectivity index (χ2n) is 12.4. The molecule has 250 valence electrons. The van der Waals surface area contributed by atoms with E-state index < -0.39 is 5.97 Å². The topological polar surface area (TPSA) is 63.6 Å². The molecule has 1 N–H and O–H groups in total. The summed E-state index contributed by atoms with van der Waals surface area (Å²) in [5.74, 6) is -0.850. The molecular weight excluding hydrogens is 532 g/mol. The zero-order valence-electron chi connectivity index (χ0n) is 28.5. The fourth-order valence-electron chi connectivity index (χ4n) is 5.38. The molecule has 0 fully saturated rings. The van der Waals surface area contributed by atoms with Gasteiger partial charge in [-0.25, -0.2) is 0 Å². The number of carbonyl (C=O) groups excluding carboxylic acids is 1. The first-order valence-corrected chi connectivity index (χ1v) is 18.5. The molecule has 0 rings (SSSR count). The Morgan fingerprint density at radius 3 is 1.47 bits per heavy atom. The van der Waals surface area contributed by atoms with Gasteiger partial charge in [0.2, 0.25) is 0 Å². The Kier molecular flexibility index (Phi) is 33.2. The maximum Gasteiger partial charge on any atom is 0.306 e. The van der Waals surface area contributed by atoms with E-state index in [9.17, 15) is 9.59 Å². The third-order valence-electron chi connectivity index (χ3n) is 8.09. The van der Waals surface area contributed by atoms with Gasteiger partial charge in [-0.2, -0.15) is 0 Å². The normalized spacial score (nSPS) is 12.6. The van der Waals surface area contributed by atoms with Gasteiger partial charge in [-0.1, -0.05) is 167 Å². The Morgan fingerprint density at radius 1 is 0.535 bits per heavy atom. The van der Waals surface area contributed by atoms with Gasteiger partial charge in [0.25, 0.3) is 0 Å². The monoisotopic (exact) mass is 603 g/mol. The van der Waals surface area contributed by atoms with Crippen LogP contribution in [0, 0.1) is 0 Å². The fraction of sp³-hybridized carbons (Fsp3) is 0.795. The lowest BCUT2D eigenvalue weighted by Gasteiger charge is -2.11. The van der Waals surface area contributed by atoms with Gasteiger partial charge in [0.15, 0.2) is 0 Å². The highest BCUT2D eigenvalue weighted by Gasteiger charge is 2.08. The Balaban J connectivity index is 3.79. The van der Waals surface area contributed by atoms with E-state index in [1.54, 1.807) is 0 Å². The van der Waals surface area contributed by atoms with E-state index in [4.69, 9.17) is 9.84 Å². The molecule has 0 aromatic carbocycles. The average Bonchev–Trinajstić information content (AvgIpc) is 2.99. The Labute approximate surface area is 267 Å². The summed E-state index contributed by atoms with van der Waals surface area (Å²) in [7, 11) is 0. The summed E-state index contributed by atoms with van der Waals surface area (Å²) < 4.78 is 5.74. The van der Waals surface area contributed by atoms with Crippen molar-refractivity contribution in [3.63, 3.8) is 0 Å². The molecule has 43 heavy (non-hydrogen) atoms. The molecule has 1 unspecified atom stereocenters. The molecule has 0 aromatic rings. The minimum absolute atomic E-state index is 0.118. The predicted octanol–water partition coefficient (Wildman–Crippen LogP) is 12.6. The number of ether oxygens (including phenoxy) is 1. The van der Waals surface area contributed by atoms with Crippen molar-refractivity contribution in [3.05, 3.63) is 36.5 Å². The lowest BCUT2D eigenvalue weighted by atomic mass is 10.0. The summed E-state index contributed by atoms with van der Waals surface area (Å²) in [6, 6.07) is 0. The molecule has 0 aliphatic carbocycles. The van der Waals surface area contributed by atoms with Crippen LogP contribution in [0.2, 0.25) is 0 Å². The third kappa shape index (κ3) is 34.5. The van der Waals surface area contributed by atoms with Gasteiger partial charge in [-0.15, -0.1) is 0 Å². The van der Waals surface area contributed by atoms with Crippen LogP contribution in [0.3, 0.4) is 0 Å². The summed E-state index contributed by atoms with van der Waals surface area (Å²) in [4.78, 5) is 23.1. The molecule has 0 aliphatic heterocycles. The lowest BCUT2D eigenvalue weighted by molar-refractivity contribution is -0.145. The average molecular weight is 603 g/mol. The zero-order chi connectivity index (χ0) is 31.5. The third-order valence-corrected chi connectivity index (χ3v) is 8.09. The molecule has 0 spiro atoms. The van der Waals surface area contributed by atoms with Crippen molar-refractivity contribution in [1.29, 1.82) is 0 Å². The van der Waals surface area contributed by atoms with E-state index in [2.05, 4.69) is 38.2 Å². The molecule has 4 nitrogen and oxygen atoms in total. The standard InChI is InChI=1S/C39H70O4/c1-3-5-7-9-10-11-12-13-14-15-16-17-18-19-20-21-22-23-28-32-36-39(42)43-37(33-29-25-8-6-4-2)34-30-26-24-27-31-35-38(40)41/h6,8,29-30,33-34,37H,3-5,7,9-28,31-32,35-36H2,1-2H3,(H,40,41)/b8-6-,33-29-,34-30-. The SMILES string of the molecule is CC/C=C\C/C=C\C(/C=C\CCCCCC(=O)O)OC(=O)CCCCCCCCCCCCCCCCCCCCCC. The van der Waals surface area contributed by atoms with E-state index in [0.717, 1.165) is 44.9 Å². The van der Waals surface area contributed by atoms with Crippen LogP contribution in [-0.4, -0.2) is 23.1 Å². The second kappa shape index (κ2) is 34.6. The van der Waals surface area contributed by atoms with Crippen LogP contribution in [0.15, 0.2) is 36.5 Å². The number of carbonyl (C=O) groups is 2. The van der Waals surface area contributed by atoms with E-state index in [1.807, 2.05) is 12.2 Å². The number of carboxylic acids is 1. The fourth-order valence-corrected chi connectivity index (χ4v) is 5.38. The minimum Gasteiger partial charge on any atom is -0.481 e. The van der Waals surface area contributed by atoms with Gasteiger partial charge in [0, 0.05) is 12.8 Å². The van der Waals surface area contributed by atoms with Crippen molar-refractivity contribution in [3.8, 4) is 0 Å². The molecule has 0 aliphatic rings.